The average Bonchev–Trinajstić information content (AvgIpc) is 2.30. The molecule has 2 rings (SSSR count). The summed E-state index contributed by atoms with van der Waals surface area (Å²) in [5, 5.41) is 3.56. The topological polar surface area (TPSA) is 15.3 Å². The number of aryl methyl sites for hydroxylation is 1. The summed E-state index contributed by atoms with van der Waals surface area (Å²) in [5.41, 5.74) is 2.51. The van der Waals surface area contributed by atoms with Crippen molar-refractivity contribution in [3.05, 3.63) is 28.2 Å². The number of likely N-dealkylation sites (tertiary alicyclic amines) is 1. The molecule has 1 N–H and O–H groups in total. The maximum Gasteiger partial charge on any atom is 0.0484 e. The SMILES string of the molecule is Cc1ccc(NCC2CCN(C)CC2)c(Br)c1. The number of benzene rings is 1. The van der Waals surface area contributed by atoms with E-state index in [0.29, 0.717) is 0 Å². The zero-order chi connectivity index (χ0) is 12.3. The Morgan fingerprint density at radius 3 is 2.71 bits per heavy atom. The van der Waals surface area contributed by atoms with Crippen LogP contribution < -0.4 is 5.32 Å². The maximum atomic E-state index is 3.61. The third kappa shape index (κ3) is 3.71. The molecule has 0 atom stereocenters. The summed E-state index contributed by atoms with van der Waals surface area (Å²) < 4.78 is 1.17. The van der Waals surface area contributed by atoms with Crippen LogP contribution in [-0.4, -0.2) is 31.6 Å². The minimum absolute atomic E-state index is 0.819. The number of nitrogens with zero attached hydrogens (tertiary/aromatic N) is 1. The minimum atomic E-state index is 0.819. The summed E-state index contributed by atoms with van der Waals surface area (Å²) >= 11 is 3.61. The van der Waals surface area contributed by atoms with E-state index in [0.717, 1.165) is 12.5 Å². The number of anilines is 1. The first-order valence-electron chi connectivity index (χ1n) is 6.33. The lowest BCUT2D eigenvalue weighted by molar-refractivity contribution is 0.226. The van der Waals surface area contributed by atoms with Gasteiger partial charge in [-0.15, -0.1) is 0 Å². The molecule has 1 saturated heterocycles. The quantitative estimate of drug-likeness (QED) is 0.918. The van der Waals surface area contributed by atoms with Crippen LogP contribution in [0.15, 0.2) is 22.7 Å². The highest BCUT2D eigenvalue weighted by Crippen LogP contribution is 2.24. The van der Waals surface area contributed by atoms with Gasteiger partial charge in [-0.25, -0.2) is 0 Å². The largest absolute Gasteiger partial charge is 0.384 e. The first kappa shape index (κ1) is 12.9. The number of rotatable bonds is 3. The van der Waals surface area contributed by atoms with Gasteiger partial charge in [-0.3, -0.25) is 0 Å². The highest BCUT2D eigenvalue weighted by Gasteiger charge is 2.16. The predicted molar refractivity (Wildman–Crippen MR) is 77.6 cm³/mol. The average molecular weight is 297 g/mol. The summed E-state index contributed by atoms with van der Waals surface area (Å²) in [6, 6.07) is 6.48. The lowest BCUT2D eigenvalue weighted by Crippen LogP contribution is -2.32. The van der Waals surface area contributed by atoms with Gasteiger partial charge in [0.2, 0.25) is 0 Å². The number of nitrogens with one attached hydrogen (secondary N) is 1. The third-order valence-corrected chi connectivity index (χ3v) is 4.20. The molecule has 1 aromatic rings. The summed E-state index contributed by atoms with van der Waals surface area (Å²) in [5.74, 6) is 0.819. The van der Waals surface area contributed by atoms with Crippen LogP contribution >= 0.6 is 15.9 Å². The molecule has 1 heterocycles. The van der Waals surface area contributed by atoms with Crippen LogP contribution in [0.25, 0.3) is 0 Å². The highest BCUT2D eigenvalue weighted by molar-refractivity contribution is 9.10. The molecular formula is C14H21BrN2. The molecule has 1 fully saturated rings. The summed E-state index contributed by atoms with van der Waals surface area (Å²) in [4.78, 5) is 2.41. The van der Waals surface area contributed by atoms with Crippen molar-refractivity contribution in [2.75, 3.05) is 32.0 Å². The molecule has 2 nitrogen and oxygen atoms in total. The van der Waals surface area contributed by atoms with Crippen LogP contribution in [0.1, 0.15) is 18.4 Å². The monoisotopic (exact) mass is 296 g/mol. The Hall–Kier alpha value is -0.540. The second-order valence-corrected chi connectivity index (χ2v) is 5.97. The zero-order valence-electron chi connectivity index (χ0n) is 10.7. The van der Waals surface area contributed by atoms with Crippen molar-refractivity contribution >= 4 is 21.6 Å². The lowest BCUT2D eigenvalue weighted by atomic mass is 9.97. The van der Waals surface area contributed by atoms with Crippen LogP contribution in [0.2, 0.25) is 0 Å². The van der Waals surface area contributed by atoms with Gasteiger partial charge in [0.1, 0.15) is 0 Å². The number of hydrogen-bond donors (Lipinski definition) is 1. The van der Waals surface area contributed by atoms with Gasteiger partial charge in [0, 0.05) is 16.7 Å². The van der Waals surface area contributed by atoms with Gasteiger partial charge < -0.3 is 10.2 Å². The van der Waals surface area contributed by atoms with E-state index in [-0.39, 0.29) is 0 Å². The Labute approximate surface area is 113 Å². The first-order valence-corrected chi connectivity index (χ1v) is 7.13. The second-order valence-electron chi connectivity index (χ2n) is 5.11. The van der Waals surface area contributed by atoms with Crippen LogP contribution in [0.5, 0.6) is 0 Å². The van der Waals surface area contributed by atoms with Crippen molar-refractivity contribution in [1.29, 1.82) is 0 Å². The molecule has 0 bridgehead atoms. The van der Waals surface area contributed by atoms with Gasteiger partial charge in [0.25, 0.3) is 0 Å². The Morgan fingerprint density at radius 1 is 1.35 bits per heavy atom. The minimum Gasteiger partial charge on any atom is -0.384 e. The third-order valence-electron chi connectivity index (χ3n) is 3.54. The van der Waals surface area contributed by atoms with E-state index in [1.165, 1.54) is 41.7 Å². The van der Waals surface area contributed by atoms with E-state index in [9.17, 15) is 0 Å². The normalized spacial score (nSPS) is 18.3. The Bertz CT molecular complexity index is 370. The molecule has 94 valence electrons. The lowest BCUT2D eigenvalue weighted by Gasteiger charge is -2.29. The standard InChI is InChI=1S/C14H21BrN2/c1-11-3-4-14(13(15)9-11)16-10-12-5-7-17(2)8-6-12/h3-4,9,12,16H,5-8,10H2,1-2H3. The van der Waals surface area contributed by atoms with E-state index >= 15 is 0 Å². The Kier molecular flexibility index (Phi) is 4.46. The molecule has 0 amide bonds. The molecule has 1 aromatic carbocycles. The molecule has 0 unspecified atom stereocenters. The molecule has 1 aliphatic rings. The number of hydrogen-bond acceptors (Lipinski definition) is 2. The van der Waals surface area contributed by atoms with E-state index in [1.54, 1.807) is 0 Å². The molecule has 0 aromatic heterocycles. The highest BCUT2D eigenvalue weighted by atomic mass is 79.9. The van der Waals surface area contributed by atoms with Crippen molar-refractivity contribution in [1.82, 2.24) is 4.90 Å². The molecule has 17 heavy (non-hydrogen) atoms. The van der Waals surface area contributed by atoms with E-state index in [2.05, 4.69) is 58.3 Å². The van der Waals surface area contributed by atoms with Gasteiger partial charge in [-0.05, 0) is 79.4 Å². The fourth-order valence-electron chi connectivity index (χ4n) is 2.28. The fraction of sp³-hybridized carbons (Fsp3) is 0.571. The predicted octanol–water partition coefficient (Wildman–Crippen LogP) is 3.51. The molecular weight excluding hydrogens is 276 g/mol. The van der Waals surface area contributed by atoms with Crippen molar-refractivity contribution < 1.29 is 0 Å². The molecule has 0 saturated carbocycles. The summed E-state index contributed by atoms with van der Waals surface area (Å²) in [6.07, 6.45) is 2.62. The molecule has 0 spiro atoms. The van der Waals surface area contributed by atoms with E-state index in [1.807, 2.05) is 0 Å². The molecule has 0 radical (unpaired) electrons. The maximum absolute atomic E-state index is 3.61. The Morgan fingerprint density at radius 2 is 2.06 bits per heavy atom. The smallest absolute Gasteiger partial charge is 0.0484 e. The van der Waals surface area contributed by atoms with Gasteiger partial charge in [-0.1, -0.05) is 6.07 Å². The molecule has 3 heteroatoms. The molecule has 0 aliphatic carbocycles. The van der Waals surface area contributed by atoms with Gasteiger partial charge in [-0.2, -0.15) is 0 Å². The van der Waals surface area contributed by atoms with Gasteiger partial charge in [0.05, 0.1) is 0 Å². The van der Waals surface area contributed by atoms with Crippen molar-refractivity contribution in [2.24, 2.45) is 5.92 Å². The summed E-state index contributed by atoms with van der Waals surface area (Å²) in [7, 11) is 2.21. The van der Waals surface area contributed by atoms with E-state index < -0.39 is 0 Å². The van der Waals surface area contributed by atoms with Crippen LogP contribution in [-0.2, 0) is 0 Å². The van der Waals surface area contributed by atoms with Gasteiger partial charge in [0.15, 0.2) is 0 Å². The van der Waals surface area contributed by atoms with Crippen LogP contribution in [0, 0.1) is 12.8 Å². The Balaban J connectivity index is 1.85. The van der Waals surface area contributed by atoms with Crippen LogP contribution in [0.4, 0.5) is 5.69 Å². The number of halogens is 1. The van der Waals surface area contributed by atoms with Crippen molar-refractivity contribution in [2.45, 2.75) is 19.8 Å². The van der Waals surface area contributed by atoms with Crippen molar-refractivity contribution in [3.8, 4) is 0 Å². The fourth-order valence-corrected chi connectivity index (χ4v) is 2.92. The van der Waals surface area contributed by atoms with Crippen molar-refractivity contribution in [3.63, 3.8) is 0 Å². The first-order chi connectivity index (χ1) is 8.15. The second kappa shape index (κ2) is 5.87. The van der Waals surface area contributed by atoms with Crippen LogP contribution in [0.3, 0.4) is 0 Å². The van der Waals surface area contributed by atoms with Gasteiger partial charge >= 0.3 is 0 Å². The van der Waals surface area contributed by atoms with E-state index in [4.69, 9.17) is 0 Å². The molecule has 1 aliphatic heterocycles. The number of piperidine rings is 1. The zero-order valence-corrected chi connectivity index (χ0v) is 12.3. The summed E-state index contributed by atoms with van der Waals surface area (Å²) in [6.45, 7) is 5.68.